The Bertz CT molecular complexity index is 978. The fraction of sp³-hybridized carbons (Fsp3) is 0.250. The van der Waals surface area contributed by atoms with Gasteiger partial charge in [-0.2, -0.15) is 5.26 Å². The maximum absolute atomic E-state index is 12.8. The third-order valence-electron chi connectivity index (χ3n) is 3.61. The summed E-state index contributed by atoms with van der Waals surface area (Å²) in [4.78, 5) is 21.4. The molecule has 0 aliphatic heterocycles. The second-order valence-electron chi connectivity index (χ2n) is 5.38. The SMILES string of the molecule is COc1cc(-c2nc3c(C#N)c[nH]n3c(=O)c2C(C)C)ccn1. The molecule has 7 heteroatoms. The molecule has 3 rings (SSSR count). The molecule has 0 bridgehead atoms. The van der Waals surface area contributed by atoms with E-state index in [1.807, 2.05) is 19.9 Å². The van der Waals surface area contributed by atoms with Gasteiger partial charge in [-0.25, -0.2) is 14.5 Å². The molecule has 0 spiro atoms. The molecular formula is C16H15N5O2. The number of aromatic nitrogens is 4. The minimum absolute atomic E-state index is 0.0325. The summed E-state index contributed by atoms with van der Waals surface area (Å²) < 4.78 is 6.44. The van der Waals surface area contributed by atoms with Gasteiger partial charge in [-0.3, -0.25) is 9.89 Å². The lowest BCUT2D eigenvalue weighted by Crippen LogP contribution is -2.22. The van der Waals surface area contributed by atoms with Crippen LogP contribution in [-0.4, -0.2) is 26.7 Å². The van der Waals surface area contributed by atoms with E-state index < -0.39 is 0 Å². The first-order valence-corrected chi connectivity index (χ1v) is 7.11. The largest absolute Gasteiger partial charge is 0.481 e. The van der Waals surface area contributed by atoms with Gasteiger partial charge < -0.3 is 4.74 Å². The van der Waals surface area contributed by atoms with Crippen LogP contribution in [0.1, 0.15) is 30.9 Å². The van der Waals surface area contributed by atoms with E-state index in [4.69, 9.17) is 4.74 Å². The number of H-pyrrole nitrogens is 1. The lowest BCUT2D eigenvalue weighted by Gasteiger charge is -2.12. The van der Waals surface area contributed by atoms with Crippen molar-refractivity contribution in [2.45, 2.75) is 19.8 Å². The second-order valence-corrected chi connectivity index (χ2v) is 5.38. The van der Waals surface area contributed by atoms with Crippen molar-refractivity contribution in [1.29, 1.82) is 5.26 Å². The zero-order valence-electron chi connectivity index (χ0n) is 13.0. The number of fused-ring (bicyclic) bond motifs is 1. The maximum atomic E-state index is 12.8. The quantitative estimate of drug-likeness (QED) is 0.799. The zero-order valence-corrected chi connectivity index (χ0v) is 13.0. The highest BCUT2D eigenvalue weighted by atomic mass is 16.5. The summed E-state index contributed by atoms with van der Waals surface area (Å²) in [5.74, 6) is 0.406. The molecule has 23 heavy (non-hydrogen) atoms. The van der Waals surface area contributed by atoms with E-state index in [9.17, 15) is 10.1 Å². The molecule has 0 unspecified atom stereocenters. The fourth-order valence-electron chi connectivity index (χ4n) is 2.52. The first-order valence-electron chi connectivity index (χ1n) is 7.11. The molecule has 116 valence electrons. The number of ether oxygens (including phenoxy) is 1. The van der Waals surface area contributed by atoms with Gasteiger partial charge in [-0.15, -0.1) is 0 Å². The van der Waals surface area contributed by atoms with Crippen LogP contribution >= 0.6 is 0 Å². The minimum Gasteiger partial charge on any atom is -0.481 e. The van der Waals surface area contributed by atoms with Crippen LogP contribution in [-0.2, 0) is 0 Å². The second kappa shape index (κ2) is 5.57. The Morgan fingerprint density at radius 1 is 1.43 bits per heavy atom. The van der Waals surface area contributed by atoms with E-state index in [-0.39, 0.29) is 11.5 Å². The van der Waals surface area contributed by atoms with Gasteiger partial charge >= 0.3 is 0 Å². The molecule has 0 amide bonds. The van der Waals surface area contributed by atoms with Crippen LogP contribution in [0.25, 0.3) is 16.9 Å². The van der Waals surface area contributed by atoms with Gasteiger partial charge in [0.1, 0.15) is 11.6 Å². The van der Waals surface area contributed by atoms with Gasteiger partial charge in [0.2, 0.25) is 5.88 Å². The normalized spacial score (nSPS) is 10.9. The summed E-state index contributed by atoms with van der Waals surface area (Å²) in [6.07, 6.45) is 3.08. The molecule has 0 radical (unpaired) electrons. The van der Waals surface area contributed by atoms with E-state index in [0.29, 0.717) is 28.3 Å². The van der Waals surface area contributed by atoms with E-state index in [0.717, 1.165) is 5.56 Å². The number of rotatable bonds is 3. The Morgan fingerprint density at radius 2 is 2.22 bits per heavy atom. The van der Waals surface area contributed by atoms with Crippen LogP contribution in [0.4, 0.5) is 0 Å². The molecule has 3 heterocycles. The average Bonchev–Trinajstić information content (AvgIpc) is 2.97. The van der Waals surface area contributed by atoms with E-state index >= 15 is 0 Å². The summed E-state index contributed by atoms with van der Waals surface area (Å²) in [5, 5.41) is 12.0. The minimum atomic E-state index is -0.211. The van der Waals surface area contributed by atoms with E-state index in [2.05, 4.69) is 15.1 Å². The number of methoxy groups -OCH3 is 1. The smallest absolute Gasteiger partial charge is 0.276 e. The Morgan fingerprint density at radius 3 is 2.87 bits per heavy atom. The highest BCUT2D eigenvalue weighted by Gasteiger charge is 2.20. The maximum Gasteiger partial charge on any atom is 0.276 e. The van der Waals surface area contributed by atoms with Crippen LogP contribution in [0.15, 0.2) is 29.3 Å². The molecule has 0 aromatic carbocycles. The Kier molecular flexibility index (Phi) is 3.58. The Balaban J connectivity index is 2.40. The number of nitrogens with one attached hydrogen (secondary N) is 1. The first kappa shape index (κ1) is 14.8. The lowest BCUT2D eigenvalue weighted by molar-refractivity contribution is 0.398. The molecule has 0 saturated heterocycles. The summed E-state index contributed by atoms with van der Waals surface area (Å²) in [6, 6.07) is 5.53. The summed E-state index contributed by atoms with van der Waals surface area (Å²) in [6.45, 7) is 3.86. The van der Waals surface area contributed by atoms with Gasteiger partial charge in [0.25, 0.3) is 5.56 Å². The highest BCUT2D eigenvalue weighted by molar-refractivity contribution is 5.68. The van der Waals surface area contributed by atoms with Gasteiger partial charge in [0.05, 0.1) is 12.8 Å². The third-order valence-corrected chi connectivity index (χ3v) is 3.61. The van der Waals surface area contributed by atoms with Crippen molar-refractivity contribution >= 4 is 5.65 Å². The van der Waals surface area contributed by atoms with Gasteiger partial charge in [0.15, 0.2) is 5.65 Å². The Hall–Kier alpha value is -3.14. The number of hydrogen-bond donors (Lipinski definition) is 1. The average molecular weight is 309 g/mol. The first-order chi connectivity index (χ1) is 11.1. The van der Waals surface area contributed by atoms with Crippen LogP contribution in [0, 0.1) is 11.3 Å². The van der Waals surface area contributed by atoms with Crippen molar-refractivity contribution in [1.82, 2.24) is 19.6 Å². The van der Waals surface area contributed by atoms with Crippen LogP contribution in [0.2, 0.25) is 0 Å². The van der Waals surface area contributed by atoms with E-state index in [1.165, 1.54) is 17.8 Å². The summed E-state index contributed by atoms with van der Waals surface area (Å²) in [5.41, 5.74) is 2.26. The highest BCUT2D eigenvalue weighted by Crippen LogP contribution is 2.27. The van der Waals surface area contributed by atoms with E-state index in [1.54, 1.807) is 18.3 Å². The van der Waals surface area contributed by atoms with Crippen LogP contribution in [0.5, 0.6) is 5.88 Å². The topological polar surface area (TPSA) is 96.1 Å². The molecule has 0 saturated carbocycles. The Labute approximate surface area is 132 Å². The number of nitrogens with zero attached hydrogens (tertiary/aromatic N) is 4. The standard InChI is InChI=1S/C16H15N5O2/c1-9(2)13-14(10-4-5-18-12(6-10)23-3)20-15-11(7-17)8-19-21(15)16(13)22/h4-6,8-9,19H,1-3H3. The van der Waals surface area contributed by atoms with Crippen molar-refractivity contribution in [3.05, 3.63) is 46.0 Å². The fourth-order valence-corrected chi connectivity index (χ4v) is 2.52. The zero-order chi connectivity index (χ0) is 16.6. The van der Waals surface area contributed by atoms with Crippen molar-refractivity contribution < 1.29 is 4.74 Å². The molecular weight excluding hydrogens is 294 g/mol. The predicted octanol–water partition coefficient (Wildman–Crippen LogP) is 2.09. The molecule has 3 aromatic rings. The van der Waals surface area contributed by atoms with Crippen molar-refractivity contribution in [2.24, 2.45) is 0 Å². The molecule has 0 aliphatic rings. The van der Waals surface area contributed by atoms with Crippen LogP contribution in [0.3, 0.4) is 0 Å². The van der Waals surface area contributed by atoms with Gasteiger partial charge in [-0.05, 0) is 12.0 Å². The van der Waals surface area contributed by atoms with Gasteiger partial charge in [0, 0.05) is 29.6 Å². The number of hydrogen-bond acceptors (Lipinski definition) is 5. The van der Waals surface area contributed by atoms with Crippen molar-refractivity contribution in [3.63, 3.8) is 0 Å². The van der Waals surface area contributed by atoms with Crippen molar-refractivity contribution in [3.8, 4) is 23.2 Å². The summed E-state index contributed by atoms with van der Waals surface area (Å²) >= 11 is 0. The number of nitriles is 1. The summed E-state index contributed by atoms with van der Waals surface area (Å²) in [7, 11) is 1.53. The molecule has 0 aliphatic carbocycles. The van der Waals surface area contributed by atoms with Gasteiger partial charge in [-0.1, -0.05) is 13.8 Å². The molecule has 0 atom stereocenters. The van der Waals surface area contributed by atoms with Crippen LogP contribution < -0.4 is 10.3 Å². The molecule has 3 aromatic heterocycles. The third kappa shape index (κ3) is 2.34. The molecule has 0 fully saturated rings. The number of pyridine rings is 1. The number of aromatic amines is 1. The molecule has 7 nitrogen and oxygen atoms in total. The monoisotopic (exact) mass is 309 g/mol. The lowest BCUT2D eigenvalue weighted by atomic mass is 9.99. The predicted molar refractivity (Wildman–Crippen MR) is 84.4 cm³/mol. The molecule has 1 N–H and O–H groups in total. The van der Waals surface area contributed by atoms with Crippen molar-refractivity contribution in [2.75, 3.05) is 7.11 Å².